The summed E-state index contributed by atoms with van der Waals surface area (Å²) in [5.41, 5.74) is 7.55. The fourth-order valence-electron chi connectivity index (χ4n) is 1.22. The number of anilines is 1. The third-order valence-electron chi connectivity index (χ3n) is 2.25. The van der Waals surface area contributed by atoms with Crippen LogP contribution in [-0.2, 0) is 0 Å². The molecule has 2 N–H and O–H groups in total. The second-order valence-electron chi connectivity index (χ2n) is 3.93. The lowest BCUT2D eigenvalue weighted by atomic mass is 10.3. The number of nitrogens with two attached hydrogens (primary N) is 1. The summed E-state index contributed by atoms with van der Waals surface area (Å²) >= 11 is 11.2. The third-order valence-corrected chi connectivity index (χ3v) is 3.04. The van der Waals surface area contributed by atoms with Crippen molar-refractivity contribution in [3.63, 3.8) is 0 Å². The molecule has 20 heavy (non-hydrogen) atoms. The fraction of sp³-hybridized carbons (Fsp3) is 0.167. The van der Waals surface area contributed by atoms with Crippen molar-refractivity contribution < 1.29 is 4.92 Å². The molecule has 0 aromatic carbocycles. The molecule has 0 saturated heterocycles. The normalized spacial score (nSPS) is 9.60. The van der Waals surface area contributed by atoms with Gasteiger partial charge in [0.1, 0.15) is 16.5 Å². The van der Waals surface area contributed by atoms with Crippen LogP contribution in [0.4, 0.5) is 11.4 Å². The standard InChI is InChI=1S/C6H5ClN2O2.C6H7ClN2/c1-4-2-5(9(10)11)3-8-6(4)7;1-4-2-5(8)3-9-6(4)7/h2-3H,1H3;2-3H,8H2,1H3. The summed E-state index contributed by atoms with van der Waals surface area (Å²) in [6.45, 7) is 3.54. The molecule has 2 aromatic rings. The van der Waals surface area contributed by atoms with E-state index < -0.39 is 4.92 Å². The summed E-state index contributed by atoms with van der Waals surface area (Å²) in [4.78, 5) is 17.1. The van der Waals surface area contributed by atoms with Gasteiger partial charge in [-0.15, -0.1) is 0 Å². The zero-order valence-corrected chi connectivity index (χ0v) is 12.3. The highest BCUT2D eigenvalue weighted by molar-refractivity contribution is 6.30. The lowest BCUT2D eigenvalue weighted by Crippen LogP contribution is -1.90. The Morgan fingerprint density at radius 1 is 1.10 bits per heavy atom. The minimum atomic E-state index is -0.504. The van der Waals surface area contributed by atoms with Gasteiger partial charge >= 0.3 is 0 Å². The van der Waals surface area contributed by atoms with Crippen molar-refractivity contribution >= 4 is 34.6 Å². The summed E-state index contributed by atoms with van der Waals surface area (Å²) in [5.74, 6) is 0. The molecule has 0 amide bonds. The smallest absolute Gasteiger partial charge is 0.287 e. The van der Waals surface area contributed by atoms with Crippen LogP contribution in [0.1, 0.15) is 11.1 Å². The van der Waals surface area contributed by atoms with Crippen LogP contribution in [0.5, 0.6) is 0 Å². The Morgan fingerprint density at radius 3 is 2.00 bits per heavy atom. The van der Waals surface area contributed by atoms with Crippen LogP contribution in [0.2, 0.25) is 10.3 Å². The lowest BCUT2D eigenvalue weighted by molar-refractivity contribution is -0.385. The highest BCUT2D eigenvalue weighted by Gasteiger charge is 2.07. The number of nitrogens with zero attached hydrogens (tertiary/aromatic N) is 3. The van der Waals surface area contributed by atoms with Crippen molar-refractivity contribution in [2.24, 2.45) is 0 Å². The molecule has 0 aliphatic heterocycles. The quantitative estimate of drug-likeness (QED) is 0.493. The van der Waals surface area contributed by atoms with Gasteiger partial charge in [-0.25, -0.2) is 9.97 Å². The SMILES string of the molecule is Cc1cc(N)cnc1Cl.Cc1cc([N+](=O)[O-])cnc1Cl. The number of nitrogen functional groups attached to an aromatic ring is 1. The summed E-state index contributed by atoms with van der Waals surface area (Å²) in [5, 5.41) is 11.0. The number of rotatable bonds is 1. The second kappa shape index (κ2) is 7.02. The van der Waals surface area contributed by atoms with Gasteiger partial charge in [0.25, 0.3) is 5.69 Å². The van der Waals surface area contributed by atoms with Gasteiger partial charge in [-0.2, -0.15) is 0 Å². The Balaban J connectivity index is 0.000000204. The van der Waals surface area contributed by atoms with Crippen molar-refractivity contribution in [1.82, 2.24) is 9.97 Å². The predicted molar refractivity (Wildman–Crippen MR) is 79.0 cm³/mol. The van der Waals surface area contributed by atoms with Crippen LogP contribution in [0.3, 0.4) is 0 Å². The number of aromatic nitrogens is 2. The van der Waals surface area contributed by atoms with E-state index in [2.05, 4.69) is 9.97 Å². The van der Waals surface area contributed by atoms with Crippen LogP contribution in [-0.4, -0.2) is 14.9 Å². The van der Waals surface area contributed by atoms with Crippen LogP contribution >= 0.6 is 23.2 Å². The first-order chi connectivity index (χ1) is 9.31. The number of halogens is 2. The summed E-state index contributed by atoms with van der Waals surface area (Å²) < 4.78 is 0. The summed E-state index contributed by atoms with van der Waals surface area (Å²) in [7, 11) is 0. The monoisotopic (exact) mass is 314 g/mol. The Bertz CT molecular complexity index is 635. The molecule has 2 heterocycles. The molecule has 2 aromatic heterocycles. The average Bonchev–Trinajstić information content (AvgIpc) is 2.38. The average molecular weight is 315 g/mol. The van der Waals surface area contributed by atoms with Gasteiger partial charge in [-0.05, 0) is 31.0 Å². The van der Waals surface area contributed by atoms with Crippen molar-refractivity contribution in [3.05, 3.63) is 56.1 Å². The number of nitro groups is 1. The predicted octanol–water partition coefficient (Wildman–Crippen LogP) is 3.58. The Hall–Kier alpha value is -1.92. The maximum Gasteiger partial charge on any atom is 0.287 e. The second-order valence-corrected chi connectivity index (χ2v) is 4.65. The molecule has 0 bridgehead atoms. The molecule has 0 atom stereocenters. The van der Waals surface area contributed by atoms with E-state index in [1.54, 1.807) is 13.0 Å². The maximum absolute atomic E-state index is 10.2. The Kier molecular flexibility index (Phi) is 5.66. The molecule has 106 valence electrons. The molecule has 0 aliphatic carbocycles. The molecule has 0 unspecified atom stereocenters. The highest BCUT2D eigenvalue weighted by atomic mass is 35.5. The molecule has 0 radical (unpaired) electrons. The van der Waals surface area contributed by atoms with Gasteiger partial charge in [0, 0.05) is 6.07 Å². The first kappa shape index (κ1) is 16.1. The molecule has 0 fully saturated rings. The van der Waals surface area contributed by atoms with E-state index in [0.29, 0.717) is 21.6 Å². The van der Waals surface area contributed by atoms with Crippen LogP contribution < -0.4 is 5.73 Å². The van der Waals surface area contributed by atoms with Gasteiger partial charge in [0.2, 0.25) is 0 Å². The van der Waals surface area contributed by atoms with Crippen LogP contribution in [0, 0.1) is 24.0 Å². The minimum absolute atomic E-state index is 0.0353. The molecule has 0 saturated carbocycles. The van der Waals surface area contributed by atoms with Crippen molar-refractivity contribution in [3.8, 4) is 0 Å². The van der Waals surface area contributed by atoms with E-state index >= 15 is 0 Å². The molecule has 8 heteroatoms. The zero-order chi connectivity index (χ0) is 15.3. The Morgan fingerprint density at radius 2 is 1.60 bits per heavy atom. The van der Waals surface area contributed by atoms with E-state index in [-0.39, 0.29) is 5.69 Å². The van der Waals surface area contributed by atoms with Gasteiger partial charge in [-0.3, -0.25) is 10.1 Å². The zero-order valence-electron chi connectivity index (χ0n) is 10.8. The number of hydrogen-bond acceptors (Lipinski definition) is 5. The fourth-order valence-corrected chi connectivity index (χ4v) is 1.43. The number of aryl methyl sites for hydroxylation is 2. The minimum Gasteiger partial charge on any atom is -0.397 e. The van der Waals surface area contributed by atoms with E-state index in [1.165, 1.54) is 12.3 Å². The molecular formula is C12H12Cl2N4O2. The van der Waals surface area contributed by atoms with E-state index in [0.717, 1.165) is 11.8 Å². The molecule has 6 nitrogen and oxygen atoms in total. The number of hydrogen-bond donors (Lipinski definition) is 1. The van der Waals surface area contributed by atoms with E-state index in [4.69, 9.17) is 28.9 Å². The highest BCUT2D eigenvalue weighted by Crippen LogP contribution is 2.17. The third kappa shape index (κ3) is 4.64. The molecule has 2 rings (SSSR count). The first-order valence-corrected chi connectivity index (χ1v) is 6.21. The lowest BCUT2D eigenvalue weighted by Gasteiger charge is -1.95. The largest absolute Gasteiger partial charge is 0.397 e. The van der Waals surface area contributed by atoms with Gasteiger partial charge in [0.05, 0.1) is 16.8 Å². The van der Waals surface area contributed by atoms with Crippen molar-refractivity contribution in [2.45, 2.75) is 13.8 Å². The summed E-state index contributed by atoms with van der Waals surface area (Å²) in [6, 6.07) is 3.17. The van der Waals surface area contributed by atoms with E-state index in [1.807, 2.05) is 6.92 Å². The topological polar surface area (TPSA) is 94.9 Å². The Labute approximate surface area is 125 Å². The summed E-state index contributed by atoms with van der Waals surface area (Å²) in [6.07, 6.45) is 2.67. The van der Waals surface area contributed by atoms with Crippen LogP contribution in [0.15, 0.2) is 24.5 Å². The first-order valence-electron chi connectivity index (χ1n) is 5.45. The maximum atomic E-state index is 10.2. The van der Waals surface area contributed by atoms with Crippen LogP contribution in [0.25, 0.3) is 0 Å². The van der Waals surface area contributed by atoms with Crippen molar-refractivity contribution in [2.75, 3.05) is 5.73 Å². The van der Waals surface area contributed by atoms with Gasteiger partial charge < -0.3 is 5.73 Å². The van der Waals surface area contributed by atoms with Gasteiger partial charge in [-0.1, -0.05) is 23.2 Å². The molecule has 0 aliphatic rings. The molecule has 0 spiro atoms. The molecular weight excluding hydrogens is 303 g/mol. The van der Waals surface area contributed by atoms with Crippen molar-refractivity contribution in [1.29, 1.82) is 0 Å². The van der Waals surface area contributed by atoms with Gasteiger partial charge in [0.15, 0.2) is 0 Å². The van der Waals surface area contributed by atoms with E-state index in [9.17, 15) is 10.1 Å². The number of pyridine rings is 2.